The molecule has 0 radical (unpaired) electrons. The molecule has 0 aromatic heterocycles. The van der Waals surface area contributed by atoms with Gasteiger partial charge in [0.1, 0.15) is 0 Å². The van der Waals surface area contributed by atoms with Crippen molar-refractivity contribution in [2.75, 3.05) is 6.54 Å². The van der Waals surface area contributed by atoms with Gasteiger partial charge in [0.2, 0.25) is 0 Å². The number of hydrogen-bond acceptors (Lipinski definition) is 4. The Morgan fingerprint density at radius 1 is 1.23 bits per heavy atom. The molecule has 1 aliphatic carbocycles. The van der Waals surface area contributed by atoms with Crippen molar-refractivity contribution in [1.82, 2.24) is 10.8 Å². The van der Waals surface area contributed by atoms with Crippen LogP contribution in [0.5, 0.6) is 0 Å². The molecule has 2 aromatic carbocycles. The average Bonchev–Trinajstić information content (AvgIpc) is 3.08. The first kappa shape index (κ1) is 18.3. The Morgan fingerprint density at radius 3 is 2.88 bits per heavy atom. The van der Waals surface area contributed by atoms with Crippen LogP contribution in [0.15, 0.2) is 48.5 Å². The SMILES string of the molecule is NCc1cccc(CCNC2CCc3cc(C=CC(=O)NO)ccc32)c1. The first-order chi connectivity index (χ1) is 12.7. The van der Waals surface area contributed by atoms with Crippen LogP contribution in [0.1, 0.15) is 40.3 Å². The van der Waals surface area contributed by atoms with Crippen LogP contribution in [0.3, 0.4) is 0 Å². The highest BCUT2D eigenvalue weighted by atomic mass is 16.5. The lowest BCUT2D eigenvalue weighted by molar-refractivity contribution is -0.124. The Morgan fingerprint density at radius 2 is 2.08 bits per heavy atom. The first-order valence-electron chi connectivity index (χ1n) is 8.96. The summed E-state index contributed by atoms with van der Waals surface area (Å²) in [7, 11) is 0. The second kappa shape index (κ2) is 8.76. The van der Waals surface area contributed by atoms with Gasteiger partial charge >= 0.3 is 0 Å². The number of nitrogens with one attached hydrogen (secondary N) is 2. The van der Waals surface area contributed by atoms with Crippen molar-refractivity contribution in [3.05, 3.63) is 76.4 Å². The lowest BCUT2D eigenvalue weighted by atomic mass is 10.0. The third-order valence-electron chi connectivity index (χ3n) is 4.81. The summed E-state index contributed by atoms with van der Waals surface area (Å²) in [5.41, 5.74) is 13.4. The highest BCUT2D eigenvalue weighted by molar-refractivity contribution is 5.90. The Labute approximate surface area is 153 Å². The molecule has 5 nitrogen and oxygen atoms in total. The molecule has 3 rings (SSSR count). The van der Waals surface area contributed by atoms with E-state index in [1.54, 1.807) is 11.6 Å². The van der Waals surface area contributed by atoms with Crippen LogP contribution in [0, 0.1) is 0 Å². The minimum atomic E-state index is -0.524. The van der Waals surface area contributed by atoms with Gasteiger partial charge in [0.15, 0.2) is 0 Å². The number of aryl methyl sites for hydroxylation is 1. The van der Waals surface area contributed by atoms with E-state index in [-0.39, 0.29) is 0 Å². The van der Waals surface area contributed by atoms with Crippen LogP contribution in [-0.4, -0.2) is 17.7 Å². The maximum atomic E-state index is 11.1. The predicted molar refractivity (Wildman–Crippen MR) is 103 cm³/mol. The van der Waals surface area contributed by atoms with E-state index in [1.165, 1.54) is 28.3 Å². The lowest BCUT2D eigenvalue weighted by Gasteiger charge is -2.14. The molecule has 1 amide bonds. The second-order valence-electron chi connectivity index (χ2n) is 6.59. The first-order valence-corrected chi connectivity index (χ1v) is 8.96. The highest BCUT2D eigenvalue weighted by Crippen LogP contribution is 2.32. The Bertz CT molecular complexity index is 802. The van der Waals surface area contributed by atoms with Crippen molar-refractivity contribution < 1.29 is 10.0 Å². The fraction of sp³-hybridized carbons (Fsp3) is 0.286. The third kappa shape index (κ3) is 4.58. The quantitative estimate of drug-likeness (QED) is 0.351. The van der Waals surface area contributed by atoms with Gasteiger partial charge in [-0.1, -0.05) is 42.5 Å². The molecule has 26 heavy (non-hydrogen) atoms. The summed E-state index contributed by atoms with van der Waals surface area (Å²) in [6, 6.07) is 15.1. The number of rotatable bonds is 7. The van der Waals surface area contributed by atoms with Gasteiger partial charge in [-0.15, -0.1) is 0 Å². The summed E-state index contributed by atoms with van der Waals surface area (Å²) in [5, 5.41) is 12.2. The molecule has 2 aromatic rings. The van der Waals surface area contributed by atoms with E-state index in [0.717, 1.165) is 31.4 Å². The van der Waals surface area contributed by atoms with Gasteiger partial charge in [0, 0.05) is 18.7 Å². The molecule has 1 unspecified atom stereocenters. The number of hydrogen-bond donors (Lipinski definition) is 4. The number of benzene rings is 2. The predicted octanol–water partition coefficient (Wildman–Crippen LogP) is 2.48. The highest BCUT2D eigenvalue weighted by Gasteiger charge is 2.21. The Kier molecular flexibility index (Phi) is 6.17. The van der Waals surface area contributed by atoms with Crippen molar-refractivity contribution in [2.24, 2.45) is 5.73 Å². The summed E-state index contributed by atoms with van der Waals surface area (Å²) in [6.07, 6.45) is 6.13. The van der Waals surface area contributed by atoms with Crippen molar-refractivity contribution in [3.8, 4) is 0 Å². The van der Waals surface area contributed by atoms with Crippen LogP contribution in [0.4, 0.5) is 0 Å². The fourth-order valence-electron chi connectivity index (χ4n) is 3.47. The Balaban J connectivity index is 1.57. The van der Waals surface area contributed by atoms with Crippen molar-refractivity contribution in [2.45, 2.75) is 31.8 Å². The van der Waals surface area contributed by atoms with Gasteiger partial charge in [0.25, 0.3) is 5.91 Å². The topological polar surface area (TPSA) is 87.4 Å². The number of carbonyl (C=O) groups is 1. The zero-order chi connectivity index (χ0) is 18.4. The summed E-state index contributed by atoms with van der Waals surface area (Å²) >= 11 is 0. The van der Waals surface area contributed by atoms with E-state index >= 15 is 0 Å². The third-order valence-corrected chi connectivity index (χ3v) is 4.81. The lowest BCUT2D eigenvalue weighted by Crippen LogP contribution is -2.22. The molecule has 0 saturated carbocycles. The molecule has 1 aliphatic rings. The molecule has 0 fully saturated rings. The van der Waals surface area contributed by atoms with E-state index < -0.39 is 5.91 Å². The number of amides is 1. The molecule has 1 atom stereocenters. The molecule has 136 valence electrons. The van der Waals surface area contributed by atoms with Gasteiger partial charge in [-0.3, -0.25) is 10.0 Å². The monoisotopic (exact) mass is 351 g/mol. The molecule has 0 bridgehead atoms. The van der Waals surface area contributed by atoms with E-state index in [9.17, 15) is 4.79 Å². The summed E-state index contributed by atoms with van der Waals surface area (Å²) in [5.74, 6) is -0.524. The number of carbonyl (C=O) groups excluding carboxylic acids is 1. The molecule has 5 N–H and O–H groups in total. The zero-order valence-corrected chi connectivity index (χ0v) is 14.7. The van der Waals surface area contributed by atoms with Crippen LogP contribution < -0.4 is 16.5 Å². The molecule has 0 saturated heterocycles. The van der Waals surface area contributed by atoms with Crippen LogP contribution in [-0.2, 0) is 24.2 Å². The van der Waals surface area contributed by atoms with Crippen molar-refractivity contribution in [1.29, 1.82) is 0 Å². The van der Waals surface area contributed by atoms with E-state index in [1.807, 2.05) is 6.07 Å². The largest absolute Gasteiger partial charge is 0.326 e. The molecule has 0 spiro atoms. The molecular weight excluding hydrogens is 326 g/mol. The van der Waals surface area contributed by atoms with E-state index in [4.69, 9.17) is 10.9 Å². The molecular formula is C21H25N3O2. The summed E-state index contributed by atoms with van der Waals surface area (Å²) in [4.78, 5) is 11.1. The number of hydroxylamine groups is 1. The van der Waals surface area contributed by atoms with Crippen LogP contribution in [0.25, 0.3) is 6.08 Å². The van der Waals surface area contributed by atoms with Gasteiger partial charge in [-0.25, -0.2) is 5.48 Å². The van der Waals surface area contributed by atoms with Gasteiger partial charge in [-0.2, -0.15) is 0 Å². The summed E-state index contributed by atoms with van der Waals surface area (Å²) in [6.45, 7) is 1.50. The average molecular weight is 351 g/mol. The summed E-state index contributed by atoms with van der Waals surface area (Å²) < 4.78 is 0. The molecule has 5 heteroatoms. The minimum absolute atomic E-state index is 0.376. The van der Waals surface area contributed by atoms with Gasteiger partial charge in [0.05, 0.1) is 0 Å². The van der Waals surface area contributed by atoms with E-state index in [0.29, 0.717) is 12.6 Å². The Hall–Kier alpha value is -2.47. The van der Waals surface area contributed by atoms with Crippen molar-refractivity contribution in [3.63, 3.8) is 0 Å². The maximum Gasteiger partial charge on any atom is 0.267 e. The standard InChI is InChI=1S/C21H25N3O2/c22-14-17-3-1-2-15(12-17)10-11-23-20-8-6-18-13-16(4-7-19(18)20)5-9-21(25)24-26/h1-5,7,9,12-13,20,23,26H,6,8,10-11,14,22H2,(H,24,25). The van der Waals surface area contributed by atoms with Crippen molar-refractivity contribution >= 4 is 12.0 Å². The van der Waals surface area contributed by atoms with Crippen LogP contribution >= 0.6 is 0 Å². The maximum absolute atomic E-state index is 11.1. The van der Waals surface area contributed by atoms with Crippen LogP contribution in [0.2, 0.25) is 0 Å². The number of nitrogens with two attached hydrogens (primary N) is 1. The second-order valence-corrected chi connectivity index (χ2v) is 6.59. The fourth-order valence-corrected chi connectivity index (χ4v) is 3.47. The zero-order valence-electron chi connectivity index (χ0n) is 14.7. The normalized spacial score (nSPS) is 16.0. The minimum Gasteiger partial charge on any atom is -0.326 e. The molecule has 0 aliphatic heterocycles. The molecule has 0 heterocycles. The van der Waals surface area contributed by atoms with E-state index in [2.05, 4.69) is 41.7 Å². The van der Waals surface area contributed by atoms with Gasteiger partial charge in [-0.05, 0) is 59.7 Å². The smallest absolute Gasteiger partial charge is 0.267 e. The van der Waals surface area contributed by atoms with Gasteiger partial charge < -0.3 is 11.1 Å². The number of fused-ring (bicyclic) bond motifs is 1.